The Morgan fingerprint density at radius 3 is 2.59 bits per heavy atom. The Kier molecular flexibility index (Phi) is 3.46. The third-order valence-electron chi connectivity index (χ3n) is 2.88. The zero-order valence-corrected chi connectivity index (χ0v) is 11.6. The zero-order valence-electron chi connectivity index (χ0n) is 11.6. The number of para-hydroxylation sites is 1. The predicted octanol–water partition coefficient (Wildman–Crippen LogP) is 0.906. The van der Waals surface area contributed by atoms with Crippen LogP contribution in [0.2, 0.25) is 0 Å². The molecule has 2 aromatic heterocycles. The van der Waals surface area contributed by atoms with Crippen LogP contribution in [0.1, 0.15) is 17.0 Å². The lowest BCUT2D eigenvalue weighted by Crippen LogP contribution is -2.37. The fourth-order valence-corrected chi connectivity index (χ4v) is 1.95. The number of hydrogen-bond acceptors (Lipinski definition) is 4. The van der Waals surface area contributed by atoms with Crippen LogP contribution in [0.3, 0.4) is 0 Å². The normalized spacial score (nSPS) is 10.0. The molecule has 0 bridgehead atoms. The van der Waals surface area contributed by atoms with Gasteiger partial charge in [0.2, 0.25) is 5.69 Å². The predicted molar refractivity (Wildman–Crippen MR) is 76.6 cm³/mol. The lowest BCUT2D eigenvalue weighted by molar-refractivity contribution is -0.672. The van der Waals surface area contributed by atoms with Gasteiger partial charge in [0.15, 0.2) is 0 Å². The summed E-state index contributed by atoms with van der Waals surface area (Å²) in [5, 5.41) is 2.50. The summed E-state index contributed by atoms with van der Waals surface area (Å²) >= 11 is 0. The number of nitrogens with zero attached hydrogens (tertiary/aromatic N) is 1. The van der Waals surface area contributed by atoms with E-state index < -0.39 is 11.3 Å². The van der Waals surface area contributed by atoms with Crippen LogP contribution in [-0.2, 0) is 0 Å². The van der Waals surface area contributed by atoms with E-state index in [9.17, 15) is 9.59 Å². The number of benzene rings is 1. The summed E-state index contributed by atoms with van der Waals surface area (Å²) in [5.74, 6) is 5.95. The van der Waals surface area contributed by atoms with Crippen molar-refractivity contribution in [2.24, 2.45) is 0 Å². The maximum atomic E-state index is 11.8. The molecule has 1 aromatic carbocycles. The summed E-state index contributed by atoms with van der Waals surface area (Å²) in [7, 11) is 0. The number of nitrogens with one attached hydrogen (secondary N) is 1. The molecule has 0 radical (unpaired) electrons. The highest BCUT2D eigenvalue weighted by Gasteiger charge is 2.20. The van der Waals surface area contributed by atoms with E-state index in [1.165, 1.54) is 10.7 Å². The van der Waals surface area contributed by atoms with Crippen LogP contribution < -0.4 is 15.9 Å². The molecule has 0 fully saturated rings. The third-order valence-corrected chi connectivity index (χ3v) is 2.88. The van der Waals surface area contributed by atoms with Crippen LogP contribution in [0.5, 0.6) is 0 Å². The topological polar surface area (TPSA) is 80.1 Å². The molecule has 0 spiro atoms. The molecule has 1 N–H and O–H groups in total. The standard InChI is InChI=1S/C16H10N2O4/c1-11-9-12(10-15(19)21-11)7-8-14-16(20)22-17-18(14)13-5-3-2-4-6-13/h2-6,9-10H,1H3/p+1. The fraction of sp³-hybridized carbons (Fsp3) is 0.0625. The number of aromatic amines is 1. The van der Waals surface area contributed by atoms with Gasteiger partial charge in [0.1, 0.15) is 5.76 Å². The SMILES string of the molecule is Cc1cc(C#Cc2c(=O)o[nH][n+]2-c2ccccc2)cc(=O)o1. The average molecular weight is 295 g/mol. The van der Waals surface area contributed by atoms with Crippen LogP contribution in [-0.4, -0.2) is 5.27 Å². The van der Waals surface area contributed by atoms with Crippen molar-refractivity contribution in [2.75, 3.05) is 0 Å². The first-order valence-electron chi connectivity index (χ1n) is 6.46. The molecule has 0 saturated carbocycles. The molecule has 0 aliphatic heterocycles. The van der Waals surface area contributed by atoms with Crippen LogP contribution in [0.15, 0.2) is 61.0 Å². The Morgan fingerprint density at radius 1 is 1.09 bits per heavy atom. The minimum absolute atomic E-state index is 0.136. The van der Waals surface area contributed by atoms with E-state index in [0.717, 1.165) is 0 Å². The van der Waals surface area contributed by atoms with E-state index in [4.69, 9.17) is 8.94 Å². The Hall–Kier alpha value is -3.33. The van der Waals surface area contributed by atoms with E-state index in [2.05, 4.69) is 17.1 Å². The second kappa shape index (κ2) is 5.58. The van der Waals surface area contributed by atoms with E-state index in [1.807, 2.05) is 18.2 Å². The van der Waals surface area contributed by atoms with Gasteiger partial charge in [0.05, 0.1) is 0 Å². The van der Waals surface area contributed by atoms with Crippen molar-refractivity contribution in [2.45, 2.75) is 6.92 Å². The quantitative estimate of drug-likeness (QED) is 0.534. The van der Waals surface area contributed by atoms with Gasteiger partial charge in [-0.3, -0.25) is 4.52 Å². The first-order chi connectivity index (χ1) is 10.6. The molecule has 0 aliphatic rings. The van der Waals surface area contributed by atoms with E-state index >= 15 is 0 Å². The van der Waals surface area contributed by atoms with Crippen molar-refractivity contribution < 1.29 is 13.6 Å². The summed E-state index contributed by atoms with van der Waals surface area (Å²) in [6.45, 7) is 1.65. The number of aryl methyl sites for hydroxylation is 1. The second-order valence-electron chi connectivity index (χ2n) is 4.53. The molecular formula is C16H11N2O4+. The molecule has 108 valence electrons. The highest BCUT2D eigenvalue weighted by Crippen LogP contribution is 1.99. The van der Waals surface area contributed by atoms with Gasteiger partial charge in [-0.25, -0.2) is 9.59 Å². The number of aromatic nitrogens is 2. The monoisotopic (exact) mass is 295 g/mol. The van der Waals surface area contributed by atoms with Gasteiger partial charge in [-0.05, 0) is 22.9 Å². The first kappa shape index (κ1) is 13.6. The Bertz CT molecular complexity index is 984. The van der Waals surface area contributed by atoms with Gasteiger partial charge in [0, 0.05) is 29.7 Å². The minimum atomic E-state index is -0.587. The van der Waals surface area contributed by atoms with Gasteiger partial charge in [-0.1, -0.05) is 24.1 Å². The highest BCUT2D eigenvalue weighted by molar-refractivity contribution is 5.38. The number of hydrogen-bond donors (Lipinski definition) is 1. The Morgan fingerprint density at radius 2 is 1.86 bits per heavy atom. The first-order valence-corrected chi connectivity index (χ1v) is 6.46. The third kappa shape index (κ3) is 2.74. The number of H-pyrrole nitrogens is 1. The molecule has 6 nitrogen and oxygen atoms in total. The molecule has 2 heterocycles. The van der Waals surface area contributed by atoms with Gasteiger partial charge < -0.3 is 4.42 Å². The van der Waals surface area contributed by atoms with Gasteiger partial charge in [-0.2, -0.15) is 0 Å². The van der Waals surface area contributed by atoms with Crippen LogP contribution in [0.25, 0.3) is 5.69 Å². The molecule has 0 unspecified atom stereocenters. The molecule has 0 saturated heterocycles. The summed E-state index contributed by atoms with van der Waals surface area (Å²) in [4.78, 5) is 23.1. The maximum absolute atomic E-state index is 11.8. The van der Waals surface area contributed by atoms with Gasteiger partial charge in [0.25, 0.3) is 0 Å². The lowest BCUT2D eigenvalue weighted by Gasteiger charge is -1.91. The van der Waals surface area contributed by atoms with Crippen molar-refractivity contribution in [3.05, 3.63) is 80.3 Å². The maximum Gasteiger partial charge on any atom is 0.444 e. The molecular weight excluding hydrogens is 284 g/mol. The lowest BCUT2D eigenvalue weighted by atomic mass is 10.2. The van der Waals surface area contributed by atoms with Crippen molar-refractivity contribution >= 4 is 0 Å². The summed E-state index contributed by atoms with van der Waals surface area (Å²) in [6.07, 6.45) is 0. The largest absolute Gasteiger partial charge is 0.444 e. The minimum Gasteiger partial charge on any atom is -0.428 e. The molecule has 3 aromatic rings. The highest BCUT2D eigenvalue weighted by atomic mass is 16.5. The summed E-state index contributed by atoms with van der Waals surface area (Å²) in [6, 6.07) is 12.0. The van der Waals surface area contributed by atoms with Crippen LogP contribution in [0, 0.1) is 18.8 Å². The molecule has 0 aliphatic carbocycles. The van der Waals surface area contributed by atoms with Crippen LogP contribution in [0.4, 0.5) is 0 Å². The van der Waals surface area contributed by atoms with Crippen molar-refractivity contribution in [1.82, 2.24) is 5.27 Å². The van der Waals surface area contributed by atoms with Gasteiger partial charge in [-0.15, -0.1) is 0 Å². The fourth-order valence-electron chi connectivity index (χ4n) is 1.95. The van der Waals surface area contributed by atoms with Crippen molar-refractivity contribution in [1.29, 1.82) is 0 Å². The van der Waals surface area contributed by atoms with Gasteiger partial charge >= 0.3 is 16.9 Å². The average Bonchev–Trinajstić information content (AvgIpc) is 2.86. The molecule has 0 amide bonds. The van der Waals surface area contributed by atoms with E-state index in [-0.39, 0.29) is 5.69 Å². The Balaban J connectivity index is 2.08. The number of rotatable bonds is 1. The second-order valence-corrected chi connectivity index (χ2v) is 4.53. The van der Waals surface area contributed by atoms with E-state index in [0.29, 0.717) is 17.0 Å². The summed E-state index contributed by atoms with van der Waals surface area (Å²) in [5.41, 5.74) is 0.241. The van der Waals surface area contributed by atoms with Crippen molar-refractivity contribution in [3.63, 3.8) is 0 Å². The van der Waals surface area contributed by atoms with Crippen LogP contribution >= 0.6 is 0 Å². The zero-order chi connectivity index (χ0) is 15.5. The summed E-state index contributed by atoms with van der Waals surface area (Å²) < 4.78 is 11.1. The smallest absolute Gasteiger partial charge is 0.428 e. The van der Waals surface area contributed by atoms with E-state index in [1.54, 1.807) is 25.1 Å². The molecule has 6 heteroatoms. The molecule has 3 rings (SSSR count). The van der Waals surface area contributed by atoms with Crippen molar-refractivity contribution in [3.8, 4) is 17.5 Å². The molecule has 22 heavy (non-hydrogen) atoms. The molecule has 0 atom stereocenters. The Labute approximate surface area is 124 Å².